The molecule has 3 heteroatoms. The third-order valence-corrected chi connectivity index (χ3v) is 3.24. The fourth-order valence-corrected chi connectivity index (χ4v) is 2.22. The number of ketones is 1. The minimum atomic E-state index is -0.485. The highest BCUT2D eigenvalue weighted by Crippen LogP contribution is 2.27. The van der Waals surface area contributed by atoms with E-state index < -0.39 is 5.78 Å². The van der Waals surface area contributed by atoms with Crippen molar-refractivity contribution in [1.82, 2.24) is 0 Å². The number of carbonyl (C=O) groups is 2. The van der Waals surface area contributed by atoms with Crippen LogP contribution in [0.5, 0.6) is 0 Å². The molecule has 0 N–H and O–H groups in total. The maximum absolute atomic E-state index is 11.1. The summed E-state index contributed by atoms with van der Waals surface area (Å²) in [6.07, 6.45) is 0.333. The second-order valence-corrected chi connectivity index (χ2v) is 4.57. The van der Waals surface area contributed by atoms with Crippen LogP contribution in [-0.4, -0.2) is 12.1 Å². The molecule has 0 heterocycles. The number of carbonyl (C=O) groups excluding carboxylic acids is 2. The Hall–Kier alpha value is -1.87. The molecular formula is C14H10O2S. The van der Waals surface area contributed by atoms with Crippen molar-refractivity contribution in [2.75, 3.05) is 0 Å². The number of hydrogen-bond acceptors (Lipinski definition) is 3. The van der Waals surface area contributed by atoms with Gasteiger partial charge >= 0.3 is 0 Å². The Morgan fingerprint density at radius 2 is 1.47 bits per heavy atom. The molecule has 0 fully saturated rings. The van der Waals surface area contributed by atoms with E-state index in [1.165, 1.54) is 0 Å². The Morgan fingerprint density at radius 1 is 0.882 bits per heavy atom. The molecule has 0 unspecified atom stereocenters. The van der Waals surface area contributed by atoms with E-state index in [-0.39, 0.29) is 0 Å². The summed E-state index contributed by atoms with van der Waals surface area (Å²) in [5.74, 6) is -0.485. The van der Waals surface area contributed by atoms with Gasteiger partial charge in [-0.3, -0.25) is 9.59 Å². The van der Waals surface area contributed by atoms with E-state index in [2.05, 4.69) is 0 Å². The highest BCUT2D eigenvalue weighted by molar-refractivity contribution is 7.99. The average Bonchev–Trinajstić information content (AvgIpc) is 2.40. The van der Waals surface area contributed by atoms with Gasteiger partial charge in [-0.25, -0.2) is 0 Å². The first-order valence-corrected chi connectivity index (χ1v) is 5.94. The molecule has 0 saturated carbocycles. The topological polar surface area (TPSA) is 34.1 Å². The second kappa shape index (κ2) is 5.46. The molecule has 84 valence electrons. The molecule has 0 spiro atoms. The highest BCUT2D eigenvalue weighted by Gasteiger charge is 2.03. The van der Waals surface area contributed by atoms with E-state index in [9.17, 15) is 9.59 Å². The van der Waals surface area contributed by atoms with Crippen LogP contribution < -0.4 is 0 Å². The third-order valence-electron chi connectivity index (χ3n) is 2.22. The standard InChI is InChI=1S/C14H10O2S/c15-10-14(16)11-6-8-13(9-7-11)17-12-4-2-1-3-5-12/h1-10H. The first-order valence-electron chi connectivity index (χ1n) is 5.12. The van der Waals surface area contributed by atoms with E-state index in [0.717, 1.165) is 9.79 Å². The van der Waals surface area contributed by atoms with Crippen molar-refractivity contribution in [2.24, 2.45) is 0 Å². The molecule has 0 aliphatic rings. The molecule has 2 aromatic rings. The second-order valence-electron chi connectivity index (χ2n) is 3.42. The maximum atomic E-state index is 11.1. The number of hydrogen-bond donors (Lipinski definition) is 0. The fraction of sp³-hybridized carbons (Fsp3) is 0. The Kier molecular flexibility index (Phi) is 3.73. The van der Waals surface area contributed by atoms with Gasteiger partial charge in [0.25, 0.3) is 0 Å². The number of aldehydes is 1. The van der Waals surface area contributed by atoms with Crippen LogP contribution in [0.3, 0.4) is 0 Å². The molecule has 0 amide bonds. The number of Topliss-reactive ketones (excluding diaryl/α,β-unsaturated/α-hetero) is 1. The lowest BCUT2D eigenvalue weighted by Crippen LogP contribution is -1.98. The summed E-state index contributed by atoms with van der Waals surface area (Å²) < 4.78 is 0. The highest BCUT2D eigenvalue weighted by atomic mass is 32.2. The van der Waals surface area contributed by atoms with Gasteiger partial charge in [-0.05, 0) is 36.4 Å². The van der Waals surface area contributed by atoms with E-state index in [4.69, 9.17) is 0 Å². The van der Waals surface area contributed by atoms with E-state index >= 15 is 0 Å². The Morgan fingerprint density at radius 3 is 2.06 bits per heavy atom. The summed E-state index contributed by atoms with van der Waals surface area (Å²) in [6.45, 7) is 0. The van der Waals surface area contributed by atoms with Gasteiger partial charge in [-0.2, -0.15) is 0 Å². The lowest BCUT2D eigenvalue weighted by Gasteiger charge is -2.01. The van der Waals surface area contributed by atoms with E-state index in [0.29, 0.717) is 11.8 Å². The van der Waals surface area contributed by atoms with Crippen molar-refractivity contribution < 1.29 is 9.59 Å². The van der Waals surface area contributed by atoms with Gasteiger partial charge in [-0.15, -0.1) is 0 Å². The van der Waals surface area contributed by atoms with Gasteiger partial charge in [-0.1, -0.05) is 30.0 Å². The van der Waals surface area contributed by atoms with Gasteiger partial charge in [0.15, 0.2) is 6.29 Å². The summed E-state index contributed by atoms with van der Waals surface area (Å²) >= 11 is 1.62. The first-order chi connectivity index (χ1) is 8.29. The van der Waals surface area contributed by atoms with Crippen LogP contribution in [-0.2, 0) is 4.79 Å². The summed E-state index contributed by atoms with van der Waals surface area (Å²) in [5, 5.41) is 0. The average molecular weight is 242 g/mol. The molecular weight excluding hydrogens is 232 g/mol. The van der Waals surface area contributed by atoms with Gasteiger partial charge < -0.3 is 0 Å². The molecule has 17 heavy (non-hydrogen) atoms. The van der Waals surface area contributed by atoms with Crippen LogP contribution in [0.4, 0.5) is 0 Å². The zero-order chi connectivity index (χ0) is 12.1. The maximum Gasteiger partial charge on any atom is 0.225 e. The predicted octanol–water partition coefficient (Wildman–Crippen LogP) is 3.22. The normalized spacial score (nSPS) is 9.88. The summed E-state index contributed by atoms with van der Waals surface area (Å²) in [5.41, 5.74) is 0.428. The van der Waals surface area contributed by atoms with Crippen molar-refractivity contribution in [3.05, 3.63) is 60.2 Å². The first kappa shape index (κ1) is 11.6. The minimum Gasteiger partial charge on any atom is -0.294 e. The molecule has 0 aliphatic carbocycles. The number of rotatable bonds is 4. The zero-order valence-electron chi connectivity index (χ0n) is 9.00. The van der Waals surface area contributed by atoms with Crippen LogP contribution in [0, 0.1) is 0 Å². The summed E-state index contributed by atoms with van der Waals surface area (Å²) in [6, 6.07) is 17.0. The van der Waals surface area contributed by atoms with Crippen LogP contribution in [0.2, 0.25) is 0 Å². The van der Waals surface area contributed by atoms with Gasteiger partial charge in [0.05, 0.1) is 0 Å². The quantitative estimate of drug-likeness (QED) is 0.469. The lowest BCUT2D eigenvalue weighted by atomic mass is 10.1. The fourth-order valence-electron chi connectivity index (χ4n) is 1.38. The minimum absolute atomic E-state index is 0.333. The smallest absolute Gasteiger partial charge is 0.225 e. The van der Waals surface area contributed by atoms with Crippen molar-refractivity contribution in [2.45, 2.75) is 9.79 Å². The summed E-state index contributed by atoms with van der Waals surface area (Å²) in [4.78, 5) is 23.6. The lowest BCUT2D eigenvalue weighted by molar-refractivity contribution is -0.104. The van der Waals surface area contributed by atoms with E-state index in [1.54, 1.807) is 23.9 Å². The largest absolute Gasteiger partial charge is 0.294 e. The van der Waals surface area contributed by atoms with Gasteiger partial charge in [0, 0.05) is 15.4 Å². The zero-order valence-corrected chi connectivity index (χ0v) is 9.81. The number of benzene rings is 2. The molecule has 2 rings (SSSR count). The van der Waals surface area contributed by atoms with Gasteiger partial charge in [0.2, 0.25) is 5.78 Å². The van der Waals surface area contributed by atoms with Crippen molar-refractivity contribution in [3.63, 3.8) is 0 Å². The van der Waals surface area contributed by atoms with Crippen LogP contribution in [0.1, 0.15) is 10.4 Å². The molecule has 0 atom stereocenters. The van der Waals surface area contributed by atoms with Crippen molar-refractivity contribution in [3.8, 4) is 0 Å². The summed E-state index contributed by atoms with van der Waals surface area (Å²) in [7, 11) is 0. The van der Waals surface area contributed by atoms with E-state index in [1.807, 2.05) is 42.5 Å². The Bertz CT molecular complexity index is 518. The van der Waals surface area contributed by atoms with Crippen molar-refractivity contribution >= 4 is 23.8 Å². The molecule has 0 aromatic heterocycles. The van der Waals surface area contributed by atoms with Crippen LogP contribution in [0.25, 0.3) is 0 Å². The third kappa shape index (κ3) is 3.04. The molecule has 2 nitrogen and oxygen atoms in total. The van der Waals surface area contributed by atoms with Gasteiger partial charge in [0.1, 0.15) is 0 Å². The van der Waals surface area contributed by atoms with Crippen LogP contribution in [0.15, 0.2) is 64.4 Å². The van der Waals surface area contributed by atoms with Crippen LogP contribution >= 0.6 is 11.8 Å². The molecule has 0 saturated heterocycles. The SMILES string of the molecule is O=CC(=O)c1ccc(Sc2ccccc2)cc1. The monoisotopic (exact) mass is 242 g/mol. The molecule has 0 radical (unpaired) electrons. The molecule has 0 aliphatic heterocycles. The molecule has 0 bridgehead atoms. The predicted molar refractivity (Wildman–Crippen MR) is 67.4 cm³/mol. The molecule has 2 aromatic carbocycles. The Labute approximate surface area is 104 Å². The Balaban J connectivity index is 2.14. The van der Waals surface area contributed by atoms with Crippen molar-refractivity contribution in [1.29, 1.82) is 0 Å².